The molecule has 0 spiro atoms. The van der Waals surface area contributed by atoms with Crippen molar-refractivity contribution in [2.24, 2.45) is 11.8 Å². The highest BCUT2D eigenvalue weighted by atomic mass is 16.5. The molecule has 12 heteroatoms. The number of carbonyl (C=O) groups excluding carboxylic acids is 4. The van der Waals surface area contributed by atoms with Crippen molar-refractivity contribution >= 4 is 40.4 Å². The van der Waals surface area contributed by atoms with Gasteiger partial charge in [-0.3, -0.25) is 14.4 Å². The molecule has 4 heterocycles. The molecule has 2 aromatic carbocycles. The fourth-order valence-electron chi connectivity index (χ4n) is 6.89. The number of hydrogen-bond donors (Lipinski definition) is 3. The molecule has 2 aliphatic rings. The van der Waals surface area contributed by atoms with Crippen molar-refractivity contribution in [3.05, 3.63) is 66.6 Å². The first-order valence-corrected chi connectivity index (χ1v) is 17.4. The zero-order valence-electron chi connectivity index (χ0n) is 29.2. The Morgan fingerprint density at radius 1 is 0.880 bits per heavy atom. The Bertz CT molecular complexity index is 1890. The number of nitrogens with one attached hydrogen (secondary N) is 3. The van der Waals surface area contributed by atoms with E-state index in [4.69, 9.17) is 9.72 Å². The summed E-state index contributed by atoms with van der Waals surface area (Å²) >= 11 is 0. The van der Waals surface area contributed by atoms with Crippen LogP contribution in [0.15, 0.2) is 60.8 Å². The quantitative estimate of drug-likeness (QED) is 0.199. The molecule has 3 N–H and O–H groups in total. The Morgan fingerprint density at radius 2 is 1.60 bits per heavy atom. The molecule has 12 nitrogen and oxygen atoms in total. The van der Waals surface area contributed by atoms with Crippen LogP contribution in [0.5, 0.6) is 0 Å². The second-order valence-electron chi connectivity index (χ2n) is 13.7. The molecule has 4 amide bonds. The maximum atomic E-state index is 13.4. The van der Waals surface area contributed by atoms with Crippen LogP contribution in [0.3, 0.4) is 0 Å². The number of rotatable bonds is 9. The van der Waals surface area contributed by atoms with Crippen LogP contribution in [0.2, 0.25) is 0 Å². The van der Waals surface area contributed by atoms with Gasteiger partial charge < -0.3 is 30.2 Å². The SMILES string of the molecule is COC(=O)N[C@H](C(=O)N1CCC[C@H]1C(=O)Nc1ccc2nc(-c3ccc(-c4cnc(C5CCCN5C(=O)C(C)C)[nH]4)cc3)ccc2c1)C(C)C. The first-order chi connectivity index (χ1) is 24.0. The number of ether oxygens (including phenoxy) is 1. The number of H-pyrrole nitrogens is 1. The molecule has 262 valence electrons. The highest BCUT2D eigenvalue weighted by Crippen LogP contribution is 2.33. The lowest BCUT2D eigenvalue weighted by Gasteiger charge is -2.30. The Morgan fingerprint density at radius 3 is 2.32 bits per heavy atom. The number of anilines is 1. The number of methoxy groups -OCH3 is 1. The number of carbonyl (C=O) groups is 4. The molecule has 2 saturated heterocycles. The molecule has 1 unspecified atom stereocenters. The van der Waals surface area contributed by atoms with E-state index >= 15 is 0 Å². The molecule has 0 saturated carbocycles. The van der Waals surface area contributed by atoms with E-state index in [1.165, 1.54) is 7.11 Å². The van der Waals surface area contributed by atoms with Gasteiger partial charge in [0.15, 0.2) is 0 Å². The van der Waals surface area contributed by atoms with Crippen LogP contribution in [0, 0.1) is 11.8 Å². The second kappa shape index (κ2) is 14.7. The Balaban J connectivity index is 1.11. The van der Waals surface area contributed by atoms with E-state index in [9.17, 15) is 19.2 Å². The summed E-state index contributed by atoms with van der Waals surface area (Å²) in [5, 5.41) is 6.46. The van der Waals surface area contributed by atoms with Gasteiger partial charge in [0.1, 0.15) is 17.9 Å². The molecule has 2 aliphatic heterocycles. The first kappa shape index (κ1) is 34.6. The average molecular weight is 680 g/mol. The zero-order valence-corrected chi connectivity index (χ0v) is 29.2. The topological polar surface area (TPSA) is 150 Å². The van der Waals surface area contributed by atoms with Gasteiger partial charge in [-0.25, -0.2) is 14.8 Å². The van der Waals surface area contributed by atoms with Crippen molar-refractivity contribution < 1.29 is 23.9 Å². The van der Waals surface area contributed by atoms with Crippen LogP contribution in [-0.2, 0) is 19.1 Å². The highest BCUT2D eigenvalue weighted by molar-refractivity contribution is 6.00. The molecule has 3 atom stereocenters. The van der Waals surface area contributed by atoms with E-state index in [0.29, 0.717) is 25.1 Å². The Kier molecular flexibility index (Phi) is 10.2. The number of alkyl carbamates (subject to hydrolysis) is 1. The molecule has 0 radical (unpaired) electrons. The summed E-state index contributed by atoms with van der Waals surface area (Å²) in [6.45, 7) is 8.75. The minimum atomic E-state index is -0.790. The fourth-order valence-corrected chi connectivity index (χ4v) is 6.89. The fraction of sp³-hybridized carbons (Fsp3) is 0.421. The molecular formula is C38H45N7O5. The third-order valence-corrected chi connectivity index (χ3v) is 9.62. The van der Waals surface area contributed by atoms with Gasteiger partial charge in [-0.1, -0.05) is 58.0 Å². The van der Waals surface area contributed by atoms with Crippen molar-refractivity contribution in [2.45, 2.75) is 71.5 Å². The van der Waals surface area contributed by atoms with Crippen LogP contribution in [0.25, 0.3) is 33.4 Å². The largest absolute Gasteiger partial charge is 0.453 e. The summed E-state index contributed by atoms with van der Waals surface area (Å²) in [6.07, 6.45) is 4.26. The third kappa shape index (κ3) is 7.19. The summed E-state index contributed by atoms with van der Waals surface area (Å²) < 4.78 is 4.70. The van der Waals surface area contributed by atoms with E-state index in [1.54, 1.807) is 4.90 Å². The minimum Gasteiger partial charge on any atom is -0.453 e. The van der Waals surface area contributed by atoms with Crippen LogP contribution < -0.4 is 10.6 Å². The number of pyridine rings is 1. The van der Waals surface area contributed by atoms with Gasteiger partial charge in [-0.15, -0.1) is 0 Å². The van der Waals surface area contributed by atoms with Gasteiger partial charge >= 0.3 is 6.09 Å². The van der Waals surface area contributed by atoms with Gasteiger partial charge in [0.05, 0.1) is 36.3 Å². The second-order valence-corrected chi connectivity index (χ2v) is 13.7. The Hall–Kier alpha value is -5.26. The standard InChI is InChI=1S/C38H45N7O5/c1-22(2)33(43-38(49)50-5)37(48)45-19-7-9-32(45)35(46)40-27-15-17-29-26(20-27)14-16-28(41-29)24-10-12-25(13-11-24)30-21-39-34(42-30)31-8-6-18-44(31)36(47)23(3)4/h10-17,20-23,31-33H,6-9,18-19H2,1-5H3,(H,39,42)(H,40,46)(H,43,49)/t31?,32-,33-/m0/s1. The minimum absolute atomic E-state index is 0.0190. The smallest absolute Gasteiger partial charge is 0.407 e. The molecular weight excluding hydrogens is 634 g/mol. The predicted octanol–water partition coefficient (Wildman–Crippen LogP) is 5.92. The molecule has 6 rings (SSSR count). The van der Waals surface area contributed by atoms with Gasteiger partial charge in [0.25, 0.3) is 0 Å². The highest BCUT2D eigenvalue weighted by Gasteiger charge is 2.39. The number of imidazole rings is 1. The summed E-state index contributed by atoms with van der Waals surface area (Å²) in [4.78, 5) is 67.8. The molecule has 0 bridgehead atoms. The molecule has 2 aromatic heterocycles. The normalized spacial score (nSPS) is 18.1. The lowest BCUT2D eigenvalue weighted by Crippen LogP contribution is -2.54. The van der Waals surface area contributed by atoms with Crippen molar-refractivity contribution in [3.63, 3.8) is 0 Å². The Labute approximate surface area is 292 Å². The summed E-state index contributed by atoms with van der Waals surface area (Å²) in [6, 6.07) is 16.2. The average Bonchev–Trinajstić information content (AvgIpc) is 3.91. The summed E-state index contributed by atoms with van der Waals surface area (Å²) in [7, 11) is 1.25. The number of benzene rings is 2. The van der Waals surface area contributed by atoms with Crippen molar-refractivity contribution in [3.8, 4) is 22.5 Å². The van der Waals surface area contributed by atoms with Crippen molar-refractivity contribution in [1.29, 1.82) is 0 Å². The number of likely N-dealkylation sites (tertiary alicyclic amines) is 2. The van der Waals surface area contributed by atoms with Gasteiger partial charge in [-0.05, 0) is 61.4 Å². The number of aromatic amines is 1. The number of fused-ring (bicyclic) bond motifs is 1. The molecule has 4 aromatic rings. The van der Waals surface area contributed by atoms with Crippen LogP contribution >= 0.6 is 0 Å². The lowest BCUT2D eigenvalue weighted by molar-refractivity contribution is -0.139. The van der Waals surface area contributed by atoms with Gasteiger partial charge in [-0.2, -0.15) is 0 Å². The maximum absolute atomic E-state index is 13.4. The lowest BCUT2D eigenvalue weighted by atomic mass is 10.0. The third-order valence-electron chi connectivity index (χ3n) is 9.62. The summed E-state index contributed by atoms with van der Waals surface area (Å²) in [5.74, 6) is 0.200. The van der Waals surface area contributed by atoms with Crippen LogP contribution in [-0.4, -0.2) is 80.8 Å². The number of hydrogen-bond acceptors (Lipinski definition) is 7. The number of nitrogens with zero attached hydrogens (tertiary/aromatic N) is 4. The van der Waals surface area contributed by atoms with Gasteiger partial charge in [0, 0.05) is 35.6 Å². The summed E-state index contributed by atoms with van der Waals surface area (Å²) in [5.41, 5.74) is 5.08. The number of amides is 4. The first-order valence-electron chi connectivity index (χ1n) is 17.4. The van der Waals surface area contributed by atoms with E-state index in [2.05, 4.69) is 20.6 Å². The molecule has 0 aliphatic carbocycles. The zero-order chi connectivity index (χ0) is 35.5. The molecule has 2 fully saturated rings. The monoisotopic (exact) mass is 679 g/mol. The van der Waals surface area contributed by atoms with Crippen LogP contribution in [0.4, 0.5) is 10.5 Å². The van der Waals surface area contributed by atoms with Crippen molar-refractivity contribution in [2.75, 3.05) is 25.5 Å². The van der Waals surface area contributed by atoms with Gasteiger partial charge in [0.2, 0.25) is 17.7 Å². The van der Waals surface area contributed by atoms with E-state index in [0.717, 1.165) is 58.6 Å². The van der Waals surface area contributed by atoms with E-state index < -0.39 is 18.2 Å². The van der Waals surface area contributed by atoms with Crippen LogP contribution in [0.1, 0.15) is 65.2 Å². The van der Waals surface area contributed by atoms with E-state index in [-0.39, 0.29) is 35.6 Å². The van der Waals surface area contributed by atoms with E-state index in [1.807, 2.05) is 93.4 Å². The predicted molar refractivity (Wildman–Crippen MR) is 191 cm³/mol. The maximum Gasteiger partial charge on any atom is 0.407 e. The van der Waals surface area contributed by atoms with Crippen molar-refractivity contribution in [1.82, 2.24) is 30.1 Å². The number of aromatic nitrogens is 3. The molecule has 50 heavy (non-hydrogen) atoms.